The summed E-state index contributed by atoms with van der Waals surface area (Å²) < 4.78 is 0. The Bertz CT molecular complexity index is 346. The third-order valence-electron chi connectivity index (χ3n) is 1.63. The molecule has 21 heavy (non-hydrogen) atoms. The van der Waals surface area contributed by atoms with Crippen LogP contribution in [0.3, 0.4) is 0 Å². The van der Waals surface area contributed by atoms with E-state index in [1.165, 1.54) is 0 Å². The molecule has 0 heterocycles. The summed E-state index contributed by atoms with van der Waals surface area (Å²) in [6, 6.07) is 0.590. The SMILES string of the molecule is C.CN=C(NC#N)NC(C)C.[C-]#[N+]NC(=NC)NC(C)C. The number of rotatable bonds is 2. The van der Waals surface area contributed by atoms with Gasteiger partial charge in [0, 0.05) is 26.2 Å². The summed E-state index contributed by atoms with van der Waals surface area (Å²) in [6.07, 6.45) is 1.78. The Balaban J connectivity index is -0.000000295. The van der Waals surface area contributed by atoms with Crippen molar-refractivity contribution in [2.45, 2.75) is 47.2 Å². The van der Waals surface area contributed by atoms with Crippen molar-refractivity contribution in [1.82, 2.24) is 21.4 Å². The Hall–Kier alpha value is -2.48. The Kier molecular flexibility index (Phi) is 17.5. The number of hydrogen-bond acceptors (Lipinski definition) is 3. The van der Waals surface area contributed by atoms with Gasteiger partial charge < -0.3 is 10.6 Å². The Morgan fingerprint density at radius 2 is 1.48 bits per heavy atom. The normalized spacial score (nSPS) is 10.4. The van der Waals surface area contributed by atoms with E-state index in [9.17, 15) is 0 Å². The molecule has 8 heteroatoms. The predicted octanol–water partition coefficient (Wildman–Crippen LogP) is 1.07. The van der Waals surface area contributed by atoms with Gasteiger partial charge in [0.05, 0.1) is 0 Å². The molecule has 0 atom stereocenters. The fourth-order valence-corrected chi connectivity index (χ4v) is 0.956. The van der Waals surface area contributed by atoms with E-state index < -0.39 is 0 Å². The van der Waals surface area contributed by atoms with E-state index in [0.29, 0.717) is 24.0 Å². The first-order chi connectivity index (χ1) is 9.40. The third-order valence-corrected chi connectivity index (χ3v) is 1.63. The van der Waals surface area contributed by atoms with Gasteiger partial charge in [0.25, 0.3) is 5.96 Å². The van der Waals surface area contributed by atoms with Crippen molar-refractivity contribution in [2.24, 2.45) is 9.98 Å². The Morgan fingerprint density at radius 1 is 1.05 bits per heavy atom. The molecular formula is C13H28N8. The second-order valence-corrected chi connectivity index (χ2v) is 4.20. The van der Waals surface area contributed by atoms with Crippen LogP contribution in [0.5, 0.6) is 0 Å². The molecule has 0 saturated carbocycles. The Labute approximate surface area is 128 Å². The van der Waals surface area contributed by atoms with Crippen LogP contribution < -0.4 is 21.4 Å². The van der Waals surface area contributed by atoms with Gasteiger partial charge in [0.15, 0.2) is 6.19 Å². The lowest BCUT2D eigenvalue weighted by Crippen LogP contribution is -2.38. The summed E-state index contributed by atoms with van der Waals surface area (Å²) >= 11 is 0. The van der Waals surface area contributed by atoms with Crippen molar-refractivity contribution in [3.05, 3.63) is 11.5 Å². The van der Waals surface area contributed by atoms with Crippen LogP contribution in [-0.4, -0.2) is 38.1 Å². The van der Waals surface area contributed by atoms with Crippen molar-refractivity contribution in [3.63, 3.8) is 0 Å². The smallest absolute Gasteiger partial charge is 0.262 e. The van der Waals surface area contributed by atoms with E-state index in [2.05, 4.69) is 36.3 Å². The largest absolute Gasteiger partial charge is 0.353 e. The molecule has 8 nitrogen and oxygen atoms in total. The molecule has 0 rings (SSSR count). The third kappa shape index (κ3) is 17.5. The number of aliphatic imine (C=N–C) groups is 2. The van der Waals surface area contributed by atoms with Gasteiger partial charge in [-0.3, -0.25) is 15.3 Å². The summed E-state index contributed by atoms with van der Waals surface area (Å²) in [5.41, 5.74) is 2.39. The van der Waals surface area contributed by atoms with Gasteiger partial charge in [-0.15, -0.1) is 0 Å². The number of guanidine groups is 2. The van der Waals surface area contributed by atoms with Crippen molar-refractivity contribution >= 4 is 11.9 Å². The minimum atomic E-state index is 0. The average Bonchev–Trinajstić information content (AvgIpc) is 2.37. The van der Waals surface area contributed by atoms with E-state index in [1.807, 2.05) is 27.7 Å². The van der Waals surface area contributed by atoms with Gasteiger partial charge in [-0.2, -0.15) is 16.8 Å². The maximum absolute atomic E-state index is 8.20. The van der Waals surface area contributed by atoms with E-state index in [-0.39, 0.29) is 7.43 Å². The molecule has 120 valence electrons. The van der Waals surface area contributed by atoms with Crippen LogP contribution in [0, 0.1) is 18.0 Å². The zero-order valence-electron chi connectivity index (χ0n) is 12.9. The number of nitriles is 1. The zero-order chi connectivity index (χ0) is 16.0. The first-order valence-electron chi connectivity index (χ1n) is 6.15. The second-order valence-electron chi connectivity index (χ2n) is 4.20. The summed E-state index contributed by atoms with van der Waals surface area (Å²) in [7, 11) is 3.25. The van der Waals surface area contributed by atoms with Crippen molar-refractivity contribution < 1.29 is 0 Å². The van der Waals surface area contributed by atoms with E-state index in [1.54, 1.807) is 20.3 Å². The molecule has 0 saturated heterocycles. The van der Waals surface area contributed by atoms with Gasteiger partial charge >= 0.3 is 0 Å². The molecule has 0 aliphatic heterocycles. The number of hydrogen-bond donors (Lipinski definition) is 4. The van der Waals surface area contributed by atoms with Gasteiger partial charge in [-0.1, -0.05) is 12.9 Å². The highest BCUT2D eigenvalue weighted by molar-refractivity contribution is 5.81. The number of nitrogens with zero attached hydrogens (tertiary/aromatic N) is 4. The van der Waals surface area contributed by atoms with Crippen LogP contribution in [0.2, 0.25) is 0 Å². The topological polar surface area (TPSA) is 101 Å². The van der Waals surface area contributed by atoms with Gasteiger partial charge in [0.1, 0.15) is 0 Å². The molecule has 0 aliphatic carbocycles. The molecule has 4 N–H and O–H groups in total. The van der Waals surface area contributed by atoms with Crippen LogP contribution in [0.1, 0.15) is 35.1 Å². The van der Waals surface area contributed by atoms with Crippen molar-refractivity contribution in [1.29, 1.82) is 5.26 Å². The molecule has 0 fully saturated rings. The highest BCUT2D eigenvalue weighted by Crippen LogP contribution is 1.76. The molecule has 0 aliphatic rings. The quantitative estimate of drug-likeness (QED) is 0.152. The molecule has 0 aromatic heterocycles. The molecule has 0 aromatic carbocycles. The van der Waals surface area contributed by atoms with Crippen molar-refractivity contribution in [3.8, 4) is 6.19 Å². The molecule has 0 spiro atoms. The maximum atomic E-state index is 8.20. The summed E-state index contributed by atoms with van der Waals surface area (Å²) in [5.74, 6) is 1.03. The van der Waals surface area contributed by atoms with E-state index in [4.69, 9.17) is 11.8 Å². The minimum absolute atomic E-state index is 0. The summed E-state index contributed by atoms with van der Waals surface area (Å²) in [6.45, 7) is 14.4. The first kappa shape index (κ1) is 23.6. The van der Waals surface area contributed by atoms with Gasteiger partial charge in [0.2, 0.25) is 5.96 Å². The van der Waals surface area contributed by atoms with E-state index in [0.717, 1.165) is 0 Å². The lowest BCUT2D eigenvalue weighted by molar-refractivity contribution is 0.717. The molecule has 0 aromatic rings. The maximum Gasteiger partial charge on any atom is 0.262 e. The van der Waals surface area contributed by atoms with Crippen LogP contribution >= 0.6 is 0 Å². The second kappa shape index (κ2) is 15.6. The fraction of sp³-hybridized carbons (Fsp3) is 0.692. The summed E-state index contributed by atoms with van der Waals surface area (Å²) in [4.78, 5) is 10.6. The highest BCUT2D eigenvalue weighted by Gasteiger charge is 1.99. The summed E-state index contributed by atoms with van der Waals surface area (Å²) in [5, 5.41) is 16.5. The number of nitrogens with one attached hydrogen (secondary N) is 4. The standard InChI is InChI=1S/2C6H12N4.CH4/c1-5(2)10-6(8-3)9-4-7;1-5(2)9-6(7-3)10-8-4;/h5H,1-3H3,(H2,8,9,10);5H,1-3H3,(H2,7,9,10);1H4. The minimum Gasteiger partial charge on any atom is -0.353 e. The Morgan fingerprint density at radius 3 is 1.76 bits per heavy atom. The highest BCUT2D eigenvalue weighted by atomic mass is 15.4. The fourth-order valence-electron chi connectivity index (χ4n) is 0.956. The van der Waals surface area contributed by atoms with E-state index >= 15 is 0 Å². The molecule has 0 unspecified atom stereocenters. The molecular weight excluding hydrogens is 268 g/mol. The molecule has 0 bridgehead atoms. The van der Waals surface area contributed by atoms with Crippen LogP contribution in [0.4, 0.5) is 0 Å². The monoisotopic (exact) mass is 296 g/mol. The molecule has 0 amide bonds. The lowest BCUT2D eigenvalue weighted by atomic mass is 10.4. The molecule has 0 radical (unpaired) electrons. The zero-order valence-corrected chi connectivity index (χ0v) is 12.9. The van der Waals surface area contributed by atoms with Crippen LogP contribution in [-0.2, 0) is 0 Å². The first-order valence-corrected chi connectivity index (χ1v) is 6.15. The van der Waals surface area contributed by atoms with Crippen molar-refractivity contribution in [2.75, 3.05) is 14.1 Å². The van der Waals surface area contributed by atoms with Gasteiger partial charge in [-0.25, -0.2) is 0 Å². The van der Waals surface area contributed by atoms with Crippen LogP contribution in [0.15, 0.2) is 9.98 Å². The average molecular weight is 296 g/mol. The lowest BCUT2D eigenvalue weighted by Gasteiger charge is -2.09. The predicted molar refractivity (Wildman–Crippen MR) is 88.5 cm³/mol. The van der Waals surface area contributed by atoms with Crippen LogP contribution in [0.25, 0.3) is 4.95 Å². The van der Waals surface area contributed by atoms with Gasteiger partial charge in [-0.05, 0) is 27.7 Å².